The van der Waals surface area contributed by atoms with Crippen molar-refractivity contribution in [2.75, 3.05) is 44.2 Å². The number of aryl methyl sites for hydroxylation is 4. The van der Waals surface area contributed by atoms with Crippen LogP contribution in [0.3, 0.4) is 0 Å². The highest BCUT2D eigenvalue weighted by atomic mass is 16.5. The monoisotopic (exact) mass is 381 g/mol. The van der Waals surface area contributed by atoms with Crippen molar-refractivity contribution in [1.82, 2.24) is 10.2 Å². The summed E-state index contributed by atoms with van der Waals surface area (Å²) < 4.78 is 5.90. The summed E-state index contributed by atoms with van der Waals surface area (Å²) in [5.41, 5.74) is 6.00. The normalized spacial score (nSPS) is 14.1. The van der Waals surface area contributed by atoms with E-state index < -0.39 is 0 Å². The smallest absolute Gasteiger partial charge is 0.317 e. The van der Waals surface area contributed by atoms with E-state index in [4.69, 9.17) is 4.74 Å². The maximum atomic E-state index is 12.4. The topological polar surface area (TPSA) is 44.8 Å². The maximum Gasteiger partial charge on any atom is 0.317 e. The van der Waals surface area contributed by atoms with Gasteiger partial charge in [0.05, 0.1) is 6.54 Å². The summed E-state index contributed by atoms with van der Waals surface area (Å²) in [6, 6.07) is 12.8. The van der Waals surface area contributed by atoms with E-state index in [0.717, 1.165) is 43.1 Å². The molecule has 1 aliphatic rings. The van der Waals surface area contributed by atoms with Gasteiger partial charge >= 0.3 is 6.03 Å². The van der Waals surface area contributed by atoms with E-state index in [9.17, 15) is 4.79 Å². The Bertz CT molecular complexity index is 803. The zero-order valence-corrected chi connectivity index (χ0v) is 17.4. The van der Waals surface area contributed by atoms with Crippen LogP contribution < -0.4 is 15.0 Å². The van der Waals surface area contributed by atoms with Crippen LogP contribution in [0.1, 0.15) is 22.3 Å². The van der Waals surface area contributed by atoms with E-state index in [1.165, 1.54) is 16.8 Å². The summed E-state index contributed by atoms with van der Waals surface area (Å²) in [6.45, 7) is 12.5. The second kappa shape index (κ2) is 9.00. The van der Waals surface area contributed by atoms with Crippen LogP contribution in [-0.2, 0) is 0 Å². The van der Waals surface area contributed by atoms with Crippen molar-refractivity contribution in [3.63, 3.8) is 0 Å². The highest BCUT2D eigenvalue weighted by Gasteiger charge is 2.21. The minimum absolute atomic E-state index is 0.00941. The van der Waals surface area contributed by atoms with E-state index in [-0.39, 0.29) is 6.03 Å². The van der Waals surface area contributed by atoms with Crippen molar-refractivity contribution in [2.24, 2.45) is 0 Å². The van der Waals surface area contributed by atoms with Crippen LogP contribution in [0.5, 0.6) is 5.75 Å². The number of anilines is 1. The zero-order valence-electron chi connectivity index (χ0n) is 17.4. The molecule has 0 atom stereocenters. The van der Waals surface area contributed by atoms with Crippen LogP contribution >= 0.6 is 0 Å². The maximum absolute atomic E-state index is 12.4. The van der Waals surface area contributed by atoms with Gasteiger partial charge in [-0.1, -0.05) is 29.8 Å². The molecule has 0 radical (unpaired) electrons. The molecular weight excluding hydrogens is 350 g/mol. The van der Waals surface area contributed by atoms with Crippen LogP contribution in [0, 0.1) is 27.7 Å². The molecule has 0 aliphatic carbocycles. The van der Waals surface area contributed by atoms with Crippen LogP contribution in [0.15, 0.2) is 36.4 Å². The first-order chi connectivity index (χ1) is 13.4. The molecule has 2 aromatic carbocycles. The molecule has 1 aliphatic heterocycles. The van der Waals surface area contributed by atoms with Crippen LogP contribution in [0.4, 0.5) is 10.5 Å². The SMILES string of the molecule is Cc1cccc(N2CCN(C(=O)NCCOc3c(C)cc(C)cc3C)CC2)c1. The first-order valence-electron chi connectivity index (χ1n) is 9.99. The van der Waals surface area contributed by atoms with Crippen molar-refractivity contribution in [3.8, 4) is 5.75 Å². The van der Waals surface area contributed by atoms with Crippen molar-refractivity contribution < 1.29 is 9.53 Å². The third-order valence-corrected chi connectivity index (χ3v) is 5.16. The van der Waals surface area contributed by atoms with Gasteiger partial charge in [0, 0.05) is 31.9 Å². The van der Waals surface area contributed by atoms with Gasteiger partial charge in [-0.3, -0.25) is 0 Å². The fraction of sp³-hybridized carbons (Fsp3) is 0.435. The van der Waals surface area contributed by atoms with E-state index in [1.807, 2.05) is 4.90 Å². The summed E-state index contributed by atoms with van der Waals surface area (Å²) in [5.74, 6) is 0.923. The van der Waals surface area contributed by atoms with Gasteiger partial charge in [0.1, 0.15) is 12.4 Å². The molecule has 0 aromatic heterocycles. The quantitative estimate of drug-likeness (QED) is 0.801. The Labute approximate surface area is 168 Å². The number of urea groups is 1. The molecule has 0 spiro atoms. The molecule has 0 unspecified atom stereocenters. The molecule has 0 bridgehead atoms. The summed E-state index contributed by atoms with van der Waals surface area (Å²) in [6.07, 6.45) is 0. The van der Waals surface area contributed by atoms with Crippen LogP contribution in [-0.4, -0.2) is 50.3 Å². The summed E-state index contributed by atoms with van der Waals surface area (Å²) in [5, 5.41) is 2.98. The average Bonchev–Trinajstić information content (AvgIpc) is 2.66. The first-order valence-corrected chi connectivity index (χ1v) is 9.99. The molecule has 1 heterocycles. The number of carbonyl (C=O) groups excluding carboxylic acids is 1. The number of nitrogens with zero attached hydrogens (tertiary/aromatic N) is 2. The highest BCUT2D eigenvalue weighted by molar-refractivity contribution is 5.74. The summed E-state index contributed by atoms with van der Waals surface area (Å²) >= 11 is 0. The lowest BCUT2D eigenvalue weighted by molar-refractivity contribution is 0.191. The number of hydrogen-bond donors (Lipinski definition) is 1. The predicted molar refractivity (Wildman–Crippen MR) is 115 cm³/mol. The number of hydrogen-bond acceptors (Lipinski definition) is 3. The largest absolute Gasteiger partial charge is 0.491 e. The second-order valence-electron chi connectivity index (χ2n) is 7.62. The molecule has 5 heteroatoms. The van der Waals surface area contributed by atoms with Crippen molar-refractivity contribution >= 4 is 11.7 Å². The lowest BCUT2D eigenvalue weighted by Gasteiger charge is -2.36. The van der Waals surface area contributed by atoms with Gasteiger partial charge in [-0.05, 0) is 56.5 Å². The molecule has 2 aromatic rings. The van der Waals surface area contributed by atoms with Gasteiger partial charge < -0.3 is 19.9 Å². The predicted octanol–water partition coefficient (Wildman–Crippen LogP) is 3.83. The van der Waals surface area contributed by atoms with Gasteiger partial charge in [0.15, 0.2) is 0 Å². The van der Waals surface area contributed by atoms with E-state index in [1.54, 1.807) is 0 Å². The Hall–Kier alpha value is -2.69. The molecule has 5 nitrogen and oxygen atoms in total. The zero-order chi connectivity index (χ0) is 20.1. The average molecular weight is 382 g/mol. The number of ether oxygens (including phenoxy) is 1. The third-order valence-electron chi connectivity index (χ3n) is 5.16. The lowest BCUT2D eigenvalue weighted by atomic mass is 10.1. The van der Waals surface area contributed by atoms with E-state index in [2.05, 4.69) is 74.3 Å². The van der Waals surface area contributed by atoms with E-state index >= 15 is 0 Å². The van der Waals surface area contributed by atoms with Crippen molar-refractivity contribution in [2.45, 2.75) is 27.7 Å². The molecule has 28 heavy (non-hydrogen) atoms. The standard InChI is InChI=1S/C23H31N3O2/c1-17-6-5-7-21(16-17)25-9-11-26(12-10-25)23(27)24-8-13-28-22-19(3)14-18(2)15-20(22)4/h5-7,14-16H,8-13H2,1-4H3,(H,24,27). The minimum atomic E-state index is -0.00941. The van der Waals surface area contributed by atoms with Crippen LogP contribution in [0.2, 0.25) is 0 Å². The van der Waals surface area contributed by atoms with Crippen LogP contribution in [0.25, 0.3) is 0 Å². The fourth-order valence-corrected chi connectivity index (χ4v) is 3.81. The van der Waals surface area contributed by atoms with Gasteiger partial charge in [-0.25, -0.2) is 4.79 Å². The number of nitrogens with one attached hydrogen (secondary N) is 1. The van der Waals surface area contributed by atoms with Crippen molar-refractivity contribution in [3.05, 3.63) is 58.7 Å². The third kappa shape index (κ3) is 4.97. The summed E-state index contributed by atoms with van der Waals surface area (Å²) in [4.78, 5) is 16.6. The number of carbonyl (C=O) groups is 1. The number of rotatable bonds is 5. The van der Waals surface area contributed by atoms with Gasteiger partial charge in [-0.15, -0.1) is 0 Å². The molecule has 1 N–H and O–H groups in total. The number of piperazine rings is 1. The molecule has 150 valence electrons. The van der Waals surface area contributed by atoms with Crippen molar-refractivity contribution in [1.29, 1.82) is 0 Å². The highest BCUT2D eigenvalue weighted by Crippen LogP contribution is 2.24. The Morgan fingerprint density at radius 2 is 1.64 bits per heavy atom. The molecule has 3 rings (SSSR count). The molecule has 0 saturated carbocycles. The molecule has 1 saturated heterocycles. The Morgan fingerprint density at radius 1 is 0.964 bits per heavy atom. The molecule has 2 amide bonds. The summed E-state index contributed by atoms with van der Waals surface area (Å²) in [7, 11) is 0. The second-order valence-corrected chi connectivity index (χ2v) is 7.62. The first kappa shape index (κ1) is 20.1. The molecule has 1 fully saturated rings. The van der Waals surface area contributed by atoms with Gasteiger partial charge in [-0.2, -0.15) is 0 Å². The lowest BCUT2D eigenvalue weighted by Crippen LogP contribution is -2.52. The van der Waals surface area contributed by atoms with E-state index in [0.29, 0.717) is 13.2 Å². The Balaban J connectivity index is 1.42. The number of amides is 2. The van der Waals surface area contributed by atoms with Gasteiger partial charge in [0.2, 0.25) is 0 Å². The molecular formula is C23H31N3O2. The fourth-order valence-electron chi connectivity index (χ4n) is 3.81. The number of benzene rings is 2. The minimum Gasteiger partial charge on any atom is -0.491 e. The van der Waals surface area contributed by atoms with Gasteiger partial charge in [0.25, 0.3) is 0 Å². The Kier molecular flexibility index (Phi) is 6.45. The Morgan fingerprint density at radius 3 is 2.29 bits per heavy atom.